The van der Waals surface area contributed by atoms with Gasteiger partial charge in [0.25, 0.3) is 0 Å². The van der Waals surface area contributed by atoms with Gasteiger partial charge in [-0.3, -0.25) is 0 Å². The first-order chi connectivity index (χ1) is 2.30. The van der Waals surface area contributed by atoms with Gasteiger partial charge < -0.3 is 0 Å². The molecule has 1 rings (SSSR count). The Kier molecular flexibility index (Phi) is 0.972. The molecule has 1 aromatic rings. The highest BCUT2D eigenvalue weighted by Crippen LogP contribution is 2.74. The van der Waals surface area contributed by atoms with Gasteiger partial charge in [-0.15, -0.1) is 0 Å². The molecule has 5 heavy (non-hydrogen) atoms. The molecule has 1 heterocycles. The van der Waals surface area contributed by atoms with E-state index in [1.807, 2.05) is 0 Å². The molecule has 2 atom stereocenters. The first kappa shape index (κ1) is 4.07. The van der Waals surface area contributed by atoms with Crippen molar-refractivity contribution in [2.75, 3.05) is 0 Å². The van der Waals surface area contributed by atoms with Crippen molar-refractivity contribution in [3.63, 3.8) is 0 Å². The summed E-state index contributed by atoms with van der Waals surface area (Å²) < 4.78 is 0. The van der Waals surface area contributed by atoms with Crippen molar-refractivity contribution >= 4 is 21.3 Å². The van der Waals surface area contributed by atoms with Crippen LogP contribution in [0.2, 0.25) is 0 Å². The fourth-order valence-electron chi connectivity index (χ4n) is 0.189. The van der Waals surface area contributed by atoms with Crippen LogP contribution in [0.3, 0.4) is 0 Å². The minimum atomic E-state index is 0.661. The van der Waals surface area contributed by atoms with Gasteiger partial charge in [0.1, 0.15) is 0 Å². The van der Waals surface area contributed by atoms with E-state index in [1.165, 1.54) is 7.55 Å². The Morgan fingerprint density at radius 3 is 1.40 bits per heavy atom. The van der Waals surface area contributed by atoms with E-state index in [2.05, 4.69) is 13.3 Å². The lowest BCUT2D eigenvalue weighted by molar-refractivity contribution is 2.16. The Labute approximate surface area is 35.5 Å². The van der Waals surface area contributed by atoms with Crippen molar-refractivity contribution < 1.29 is 0 Å². The first-order valence-electron chi connectivity index (χ1n) is 1.54. The highest BCUT2D eigenvalue weighted by molar-refractivity contribution is 8.66. The van der Waals surface area contributed by atoms with Crippen LogP contribution < -0.4 is 0 Å². The second kappa shape index (κ2) is 1.19. The van der Waals surface area contributed by atoms with E-state index in [1.54, 1.807) is 0 Å². The van der Waals surface area contributed by atoms with Crippen LogP contribution in [-0.2, 0) is 13.3 Å². The van der Waals surface area contributed by atoms with E-state index < -0.39 is 0 Å². The summed E-state index contributed by atoms with van der Waals surface area (Å²) in [4.78, 5) is 0. The SMILES string of the molecule is Cp1[pH]p1C. The van der Waals surface area contributed by atoms with Crippen LogP contribution in [0.15, 0.2) is 0 Å². The molecular weight excluding hydrogens is 117 g/mol. The summed E-state index contributed by atoms with van der Waals surface area (Å²) in [5, 5.41) is 0. The number of hydrogen-bond acceptors (Lipinski definition) is 0. The summed E-state index contributed by atoms with van der Waals surface area (Å²) in [5.41, 5.74) is 0. The third-order valence-corrected chi connectivity index (χ3v) is 15.3. The lowest BCUT2D eigenvalue weighted by Gasteiger charge is -1.55. The van der Waals surface area contributed by atoms with Gasteiger partial charge in [-0.05, 0) is 13.3 Å². The normalized spacial score (nSPS) is 18.8. The lowest BCUT2D eigenvalue weighted by atomic mass is 12.0. The molecule has 0 saturated carbocycles. The van der Waals surface area contributed by atoms with E-state index >= 15 is 0 Å². The molecule has 0 saturated heterocycles. The van der Waals surface area contributed by atoms with Gasteiger partial charge in [0.15, 0.2) is 0 Å². The first-order valence-corrected chi connectivity index (χ1v) is 8.51. The molecule has 30 valence electrons. The zero-order valence-electron chi connectivity index (χ0n) is 3.39. The largest absolute Gasteiger partial charge is 0.0912 e. The maximum absolute atomic E-state index is 2.40. The van der Waals surface area contributed by atoms with Gasteiger partial charge in [0.05, 0.1) is 0 Å². The topological polar surface area (TPSA) is 0 Å². The van der Waals surface area contributed by atoms with Gasteiger partial charge in [-0.2, -0.15) is 0 Å². The Morgan fingerprint density at radius 1 is 1.20 bits per heavy atom. The Morgan fingerprint density at radius 2 is 1.40 bits per heavy atom. The molecule has 0 fully saturated rings. The molecule has 0 amide bonds. The molecule has 0 radical (unpaired) electrons. The summed E-state index contributed by atoms with van der Waals surface area (Å²) in [7, 11) is 1.41. The highest BCUT2D eigenvalue weighted by Gasteiger charge is 1.92. The monoisotopic (exact) mass is 124 g/mol. The molecule has 3 heteroatoms. The smallest absolute Gasteiger partial charge is 0.0185 e. The summed E-state index contributed by atoms with van der Waals surface area (Å²) in [6.45, 7) is 6.13. The minimum absolute atomic E-state index is 0.661. The van der Waals surface area contributed by atoms with Crippen LogP contribution >= 0.6 is 21.3 Å². The molecule has 2 unspecified atom stereocenters. The molecule has 0 nitrogen and oxygen atoms in total. The van der Waals surface area contributed by atoms with Crippen LogP contribution in [0.4, 0.5) is 0 Å². The van der Waals surface area contributed by atoms with Gasteiger partial charge >= 0.3 is 0 Å². The maximum Gasteiger partial charge on any atom is -0.0185 e. The van der Waals surface area contributed by atoms with Gasteiger partial charge in [-0.25, -0.2) is 0 Å². The van der Waals surface area contributed by atoms with Crippen molar-refractivity contribution in [3.8, 4) is 0 Å². The van der Waals surface area contributed by atoms with Crippen LogP contribution in [0, 0.1) is 0 Å². The predicted molar refractivity (Wildman–Crippen MR) is 33.3 cm³/mol. The van der Waals surface area contributed by atoms with Crippen LogP contribution in [0.1, 0.15) is 0 Å². The summed E-state index contributed by atoms with van der Waals surface area (Å²) in [6, 6.07) is 0. The van der Waals surface area contributed by atoms with Crippen molar-refractivity contribution in [2.45, 2.75) is 0 Å². The Balaban J connectivity index is 2.73. The molecule has 1 aromatic heterocycles. The van der Waals surface area contributed by atoms with E-state index in [4.69, 9.17) is 0 Å². The lowest BCUT2D eigenvalue weighted by Crippen LogP contribution is -1.05. The summed E-state index contributed by atoms with van der Waals surface area (Å²) in [6.07, 6.45) is 0. The van der Waals surface area contributed by atoms with Crippen LogP contribution in [0.25, 0.3) is 0 Å². The van der Waals surface area contributed by atoms with Crippen molar-refractivity contribution in [1.82, 2.24) is 0 Å². The van der Waals surface area contributed by atoms with Gasteiger partial charge in [0.2, 0.25) is 0 Å². The number of aryl methyl sites for hydroxylation is 2. The van der Waals surface area contributed by atoms with E-state index in [0.29, 0.717) is 13.8 Å². The standard InChI is InChI=1S/C2H7P3/c1-4-3-5(4)2/h3H,1-2H3. The molecule has 0 bridgehead atoms. The summed E-state index contributed by atoms with van der Waals surface area (Å²) in [5.74, 6) is 0. The molecule has 0 spiro atoms. The number of hydrogen-bond donors (Lipinski definition) is 0. The predicted octanol–water partition coefficient (Wildman–Crippen LogP) is 2.77. The quantitative estimate of drug-likeness (QED) is 0.498. The average Bonchev–Trinajstić information content (AvgIpc) is 1.79. The average molecular weight is 124 g/mol. The second-order valence-corrected chi connectivity index (χ2v) is 15.7. The molecular formula is C2H7P3. The van der Waals surface area contributed by atoms with E-state index in [9.17, 15) is 0 Å². The fourth-order valence-corrected chi connectivity index (χ4v) is 9.94. The Bertz CT molecular complexity index is 89.1. The van der Waals surface area contributed by atoms with Crippen molar-refractivity contribution in [3.05, 3.63) is 0 Å². The minimum Gasteiger partial charge on any atom is -0.0912 e. The van der Waals surface area contributed by atoms with E-state index in [-0.39, 0.29) is 0 Å². The van der Waals surface area contributed by atoms with Gasteiger partial charge in [0, 0.05) is 0 Å². The molecule has 0 N–H and O–H groups in total. The second-order valence-electron chi connectivity index (χ2n) is 1.15. The van der Waals surface area contributed by atoms with Crippen molar-refractivity contribution in [2.24, 2.45) is 13.3 Å². The van der Waals surface area contributed by atoms with E-state index in [0.717, 1.165) is 0 Å². The van der Waals surface area contributed by atoms with Crippen molar-refractivity contribution in [1.29, 1.82) is 0 Å². The molecule has 0 aliphatic carbocycles. The maximum atomic E-state index is 2.40. The van der Waals surface area contributed by atoms with Crippen LogP contribution in [-0.4, -0.2) is 0 Å². The third-order valence-electron chi connectivity index (χ3n) is 0.700. The zero-order chi connectivity index (χ0) is 3.86. The fraction of sp³-hybridized carbons (Fsp3) is 1.00. The zero-order valence-corrected chi connectivity index (χ0v) is 6.18. The van der Waals surface area contributed by atoms with Gasteiger partial charge in [-0.1, -0.05) is 21.3 Å². The van der Waals surface area contributed by atoms with Crippen LogP contribution in [0.5, 0.6) is 0 Å². The molecule has 0 aliphatic rings. The highest BCUT2D eigenvalue weighted by atomic mass is 32.6. The Hall–Kier alpha value is 0.900. The molecule has 0 aliphatic heterocycles. The molecule has 0 aromatic carbocycles. The summed E-state index contributed by atoms with van der Waals surface area (Å²) >= 11 is 0. The number of rotatable bonds is 0. The third kappa shape index (κ3) is 0.866.